The monoisotopic (exact) mass is 362 g/mol. The minimum absolute atomic E-state index is 0.261. The summed E-state index contributed by atoms with van der Waals surface area (Å²) in [6, 6.07) is 21.9. The third-order valence-electron chi connectivity index (χ3n) is 4.38. The van der Waals surface area contributed by atoms with Gasteiger partial charge in [0, 0.05) is 11.6 Å². The van der Waals surface area contributed by atoms with Gasteiger partial charge in [0.25, 0.3) is 0 Å². The second-order valence-corrected chi connectivity index (χ2v) is 6.11. The van der Waals surface area contributed by atoms with Crippen molar-refractivity contribution in [3.05, 3.63) is 78.6 Å². The fourth-order valence-corrected chi connectivity index (χ4v) is 3.07. The summed E-state index contributed by atoms with van der Waals surface area (Å²) < 4.78 is 26.5. The Labute approximate surface area is 156 Å². The van der Waals surface area contributed by atoms with Crippen molar-refractivity contribution in [2.75, 3.05) is 13.7 Å². The van der Waals surface area contributed by atoms with E-state index in [1.807, 2.05) is 48.5 Å². The Kier molecular flexibility index (Phi) is 4.75. The molecular weight excluding hydrogens is 343 g/mol. The average molecular weight is 362 g/mol. The molecule has 0 fully saturated rings. The van der Waals surface area contributed by atoms with Crippen molar-refractivity contribution in [3.8, 4) is 22.9 Å². The Balaban J connectivity index is 1.61. The molecule has 1 heterocycles. The molecule has 0 atom stereocenters. The number of imidazole rings is 1. The first kappa shape index (κ1) is 17.1. The number of fused-ring (bicyclic) bond motifs is 1. The summed E-state index contributed by atoms with van der Waals surface area (Å²) in [5.74, 6) is 2.04. The molecule has 0 saturated carbocycles. The molecule has 1 aromatic heterocycles. The van der Waals surface area contributed by atoms with E-state index in [0.717, 1.165) is 33.9 Å². The lowest BCUT2D eigenvalue weighted by molar-refractivity contribution is 0.298. The maximum atomic E-state index is 13.3. The molecule has 0 unspecified atom stereocenters. The van der Waals surface area contributed by atoms with Crippen molar-refractivity contribution in [1.29, 1.82) is 0 Å². The van der Waals surface area contributed by atoms with Gasteiger partial charge in [0.1, 0.15) is 29.7 Å². The highest BCUT2D eigenvalue weighted by Crippen LogP contribution is 2.25. The van der Waals surface area contributed by atoms with E-state index in [9.17, 15) is 4.39 Å². The van der Waals surface area contributed by atoms with Crippen LogP contribution in [0.2, 0.25) is 0 Å². The number of aromatic nitrogens is 2. The van der Waals surface area contributed by atoms with Gasteiger partial charge in [-0.3, -0.25) is 0 Å². The number of methoxy groups -OCH3 is 1. The van der Waals surface area contributed by atoms with Crippen molar-refractivity contribution < 1.29 is 13.9 Å². The van der Waals surface area contributed by atoms with E-state index in [1.54, 1.807) is 19.2 Å². The first-order chi connectivity index (χ1) is 13.2. The van der Waals surface area contributed by atoms with Crippen LogP contribution in [0.5, 0.6) is 11.5 Å². The molecule has 4 nitrogen and oxygen atoms in total. The zero-order chi connectivity index (χ0) is 18.6. The molecule has 136 valence electrons. The van der Waals surface area contributed by atoms with Crippen LogP contribution in [-0.4, -0.2) is 23.3 Å². The number of rotatable bonds is 6. The van der Waals surface area contributed by atoms with Gasteiger partial charge >= 0.3 is 0 Å². The summed E-state index contributed by atoms with van der Waals surface area (Å²) in [5, 5.41) is 0. The Hall–Kier alpha value is -3.34. The second kappa shape index (κ2) is 7.50. The molecule has 4 rings (SSSR count). The van der Waals surface area contributed by atoms with Crippen LogP contribution in [0.25, 0.3) is 22.4 Å². The van der Waals surface area contributed by atoms with Crippen molar-refractivity contribution >= 4 is 11.0 Å². The number of nitrogens with zero attached hydrogens (tertiary/aromatic N) is 2. The maximum absolute atomic E-state index is 13.3. The van der Waals surface area contributed by atoms with Crippen LogP contribution in [-0.2, 0) is 6.54 Å². The fourth-order valence-electron chi connectivity index (χ4n) is 3.07. The fraction of sp³-hybridized carbons (Fsp3) is 0.136. The molecule has 0 radical (unpaired) electrons. The minimum Gasteiger partial charge on any atom is -0.497 e. The number of benzene rings is 3. The predicted molar refractivity (Wildman–Crippen MR) is 104 cm³/mol. The molecule has 0 spiro atoms. The summed E-state index contributed by atoms with van der Waals surface area (Å²) in [6.45, 7) is 1.09. The molecule has 0 N–H and O–H groups in total. The summed E-state index contributed by atoms with van der Waals surface area (Å²) >= 11 is 0. The molecule has 0 bridgehead atoms. The van der Waals surface area contributed by atoms with Crippen molar-refractivity contribution in [3.63, 3.8) is 0 Å². The van der Waals surface area contributed by atoms with E-state index in [4.69, 9.17) is 14.5 Å². The zero-order valence-corrected chi connectivity index (χ0v) is 14.9. The van der Waals surface area contributed by atoms with E-state index < -0.39 is 0 Å². The predicted octanol–water partition coefficient (Wildman–Crippen LogP) is 4.93. The smallest absolute Gasteiger partial charge is 0.141 e. The molecule has 0 aliphatic heterocycles. The largest absolute Gasteiger partial charge is 0.497 e. The van der Waals surface area contributed by atoms with Gasteiger partial charge in [0.15, 0.2) is 0 Å². The lowest BCUT2D eigenvalue weighted by Gasteiger charge is -2.11. The summed E-state index contributed by atoms with van der Waals surface area (Å²) in [4.78, 5) is 4.73. The topological polar surface area (TPSA) is 36.3 Å². The van der Waals surface area contributed by atoms with E-state index >= 15 is 0 Å². The van der Waals surface area contributed by atoms with E-state index in [1.165, 1.54) is 12.1 Å². The quantitative estimate of drug-likeness (QED) is 0.488. The van der Waals surface area contributed by atoms with Crippen LogP contribution in [0.1, 0.15) is 0 Å². The highest BCUT2D eigenvalue weighted by atomic mass is 19.1. The molecule has 0 amide bonds. The first-order valence-corrected chi connectivity index (χ1v) is 8.72. The van der Waals surface area contributed by atoms with Crippen LogP contribution in [0.15, 0.2) is 72.8 Å². The van der Waals surface area contributed by atoms with Gasteiger partial charge in [0.05, 0.1) is 24.7 Å². The SMILES string of the molecule is COc1cccc(OCCn2c(-c3ccc(F)cc3)nc3ccccc32)c1. The van der Waals surface area contributed by atoms with Crippen molar-refractivity contribution in [2.45, 2.75) is 6.54 Å². The van der Waals surface area contributed by atoms with Gasteiger partial charge < -0.3 is 14.0 Å². The molecule has 0 aliphatic carbocycles. The van der Waals surface area contributed by atoms with E-state index in [2.05, 4.69) is 4.57 Å². The van der Waals surface area contributed by atoms with Gasteiger partial charge in [-0.15, -0.1) is 0 Å². The Morgan fingerprint density at radius 3 is 2.52 bits per heavy atom. The number of para-hydroxylation sites is 2. The molecule has 27 heavy (non-hydrogen) atoms. The Bertz CT molecular complexity index is 1060. The standard InChI is InChI=1S/C22H19FN2O2/c1-26-18-5-4-6-19(15-18)27-14-13-25-21-8-3-2-7-20(21)24-22(25)16-9-11-17(23)12-10-16/h2-12,15H,13-14H2,1H3. The Morgan fingerprint density at radius 2 is 1.70 bits per heavy atom. The molecule has 4 aromatic rings. The lowest BCUT2D eigenvalue weighted by Crippen LogP contribution is -2.09. The first-order valence-electron chi connectivity index (χ1n) is 8.72. The Morgan fingerprint density at radius 1 is 0.926 bits per heavy atom. The number of ether oxygens (including phenoxy) is 2. The van der Waals surface area contributed by atoms with Crippen molar-refractivity contribution in [2.24, 2.45) is 0 Å². The van der Waals surface area contributed by atoms with Crippen molar-refractivity contribution in [1.82, 2.24) is 9.55 Å². The zero-order valence-electron chi connectivity index (χ0n) is 14.9. The number of halogens is 1. The average Bonchev–Trinajstić information content (AvgIpc) is 3.07. The van der Waals surface area contributed by atoms with Crippen LogP contribution < -0.4 is 9.47 Å². The maximum Gasteiger partial charge on any atom is 0.141 e. The molecular formula is C22H19FN2O2. The second-order valence-electron chi connectivity index (χ2n) is 6.11. The minimum atomic E-state index is -0.261. The highest BCUT2D eigenvalue weighted by Gasteiger charge is 2.12. The van der Waals surface area contributed by atoms with Crippen LogP contribution in [0.4, 0.5) is 4.39 Å². The lowest BCUT2D eigenvalue weighted by atomic mass is 10.2. The summed E-state index contributed by atoms with van der Waals surface area (Å²) in [7, 11) is 1.63. The molecule has 5 heteroatoms. The van der Waals surface area contributed by atoms with Crippen LogP contribution in [0.3, 0.4) is 0 Å². The summed E-state index contributed by atoms with van der Waals surface area (Å²) in [6.07, 6.45) is 0. The third-order valence-corrected chi connectivity index (χ3v) is 4.38. The van der Waals surface area contributed by atoms with Gasteiger partial charge in [-0.25, -0.2) is 9.37 Å². The highest BCUT2D eigenvalue weighted by molar-refractivity contribution is 5.80. The van der Waals surface area contributed by atoms with Gasteiger partial charge in [-0.1, -0.05) is 18.2 Å². The van der Waals surface area contributed by atoms with E-state index in [-0.39, 0.29) is 5.82 Å². The van der Waals surface area contributed by atoms with E-state index in [0.29, 0.717) is 13.2 Å². The molecule has 3 aromatic carbocycles. The third kappa shape index (κ3) is 3.62. The normalized spacial score (nSPS) is 10.9. The van der Waals surface area contributed by atoms with Crippen LogP contribution in [0, 0.1) is 5.82 Å². The van der Waals surface area contributed by atoms with Crippen LogP contribution >= 0.6 is 0 Å². The summed E-state index contributed by atoms with van der Waals surface area (Å²) in [5.41, 5.74) is 2.79. The molecule has 0 saturated heterocycles. The molecule has 0 aliphatic rings. The van der Waals surface area contributed by atoms with Gasteiger partial charge in [0.2, 0.25) is 0 Å². The van der Waals surface area contributed by atoms with Gasteiger partial charge in [-0.05, 0) is 48.5 Å². The van der Waals surface area contributed by atoms with Gasteiger partial charge in [-0.2, -0.15) is 0 Å². The number of hydrogen-bond donors (Lipinski definition) is 0. The number of hydrogen-bond acceptors (Lipinski definition) is 3.